The molecule has 0 amide bonds. The molecule has 0 spiro atoms. The van der Waals surface area contributed by atoms with Crippen LogP contribution in [0, 0.1) is 0 Å². The average Bonchev–Trinajstić information content (AvgIpc) is 2.44. The highest BCUT2D eigenvalue weighted by atomic mass is 127. The minimum Gasteiger partial charge on any atom is -0.380 e. The first kappa shape index (κ1) is 19.1. The molecule has 0 fully saturated rings. The Bertz CT molecular complexity index is 359. The lowest BCUT2D eigenvalue weighted by atomic mass is 10.2. The van der Waals surface area contributed by atoms with Crippen LogP contribution < -0.4 is 10.6 Å². The number of pyridine rings is 1. The molecule has 20 heavy (non-hydrogen) atoms. The Balaban J connectivity index is 0.00000361. The van der Waals surface area contributed by atoms with E-state index in [1.165, 1.54) is 5.56 Å². The number of halogens is 1. The molecule has 0 aliphatic rings. The Morgan fingerprint density at radius 2 is 2.20 bits per heavy atom. The van der Waals surface area contributed by atoms with Gasteiger partial charge in [0.05, 0.1) is 13.2 Å². The summed E-state index contributed by atoms with van der Waals surface area (Å²) in [5, 5.41) is 6.52. The van der Waals surface area contributed by atoms with Crippen LogP contribution >= 0.6 is 24.0 Å². The van der Waals surface area contributed by atoms with Crippen molar-refractivity contribution in [3.05, 3.63) is 30.1 Å². The fraction of sp³-hybridized carbons (Fsp3) is 0.571. The molecule has 0 bridgehead atoms. The van der Waals surface area contributed by atoms with Crippen LogP contribution in [0.25, 0.3) is 0 Å². The minimum absolute atomic E-state index is 0. The molecule has 1 rings (SSSR count). The predicted octanol–water partition coefficient (Wildman–Crippen LogP) is 1.83. The van der Waals surface area contributed by atoms with Crippen molar-refractivity contribution in [1.29, 1.82) is 0 Å². The number of hydrogen-bond acceptors (Lipinski definition) is 3. The molecule has 114 valence electrons. The fourth-order valence-electron chi connectivity index (χ4n) is 1.58. The van der Waals surface area contributed by atoms with Crippen LogP contribution in [0.5, 0.6) is 0 Å². The van der Waals surface area contributed by atoms with Gasteiger partial charge in [0.25, 0.3) is 0 Å². The van der Waals surface area contributed by atoms with Gasteiger partial charge in [0.2, 0.25) is 0 Å². The van der Waals surface area contributed by atoms with Gasteiger partial charge in [0.1, 0.15) is 0 Å². The molecule has 0 atom stereocenters. The Morgan fingerprint density at radius 1 is 1.35 bits per heavy atom. The molecule has 5 nitrogen and oxygen atoms in total. The van der Waals surface area contributed by atoms with Crippen molar-refractivity contribution >= 4 is 29.9 Å². The highest BCUT2D eigenvalue weighted by molar-refractivity contribution is 14.0. The summed E-state index contributed by atoms with van der Waals surface area (Å²) in [6, 6.07) is 4.03. The molecular formula is C14H25IN4O. The van der Waals surface area contributed by atoms with Crippen LogP contribution in [0.2, 0.25) is 0 Å². The smallest absolute Gasteiger partial charge is 0.191 e. The number of rotatable bonds is 8. The normalized spacial score (nSPS) is 10.8. The van der Waals surface area contributed by atoms with E-state index in [2.05, 4.69) is 33.6 Å². The topological polar surface area (TPSA) is 58.5 Å². The summed E-state index contributed by atoms with van der Waals surface area (Å²) in [5.41, 5.74) is 1.22. The van der Waals surface area contributed by atoms with Crippen LogP contribution in [-0.4, -0.2) is 43.8 Å². The van der Waals surface area contributed by atoms with Crippen LogP contribution in [0.1, 0.15) is 19.4 Å². The van der Waals surface area contributed by atoms with E-state index < -0.39 is 0 Å². The van der Waals surface area contributed by atoms with Gasteiger partial charge in [0.15, 0.2) is 5.96 Å². The van der Waals surface area contributed by atoms with E-state index in [1.54, 1.807) is 6.20 Å². The van der Waals surface area contributed by atoms with Gasteiger partial charge in [0, 0.05) is 32.1 Å². The Kier molecular flexibility index (Phi) is 12.5. The highest BCUT2D eigenvalue weighted by Crippen LogP contribution is 1.95. The second kappa shape index (κ2) is 13.1. The summed E-state index contributed by atoms with van der Waals surface area (Å²) in [7, 11) is 0. The number of ether oxygens (including phenoxy) is 1. The maximum atomic E-state index is 5.26. The Morgan fingerprint density at radius 3 is 2.85 bits per heavy atom. The van der Waals surface area contributed by atoms with Gasteiger partial charge in [-0.05, 0) is 31.9 Å². The van der Waals surface area contributed by atoms with Crippen molar-refractivity contribution < 1.29 is 4.74 Å². The summed E-state index contributed by atoms with van der Waals surface area (Å²) in [6.07, 6.45) is 4.61. The summed E-state index contributed by atoms with van der Waals surface area (Å²) >= 11 is 0. The minimum atomic E-state index is 0. The summed E-state index contributed by atoms with van der Waals surface area (Å²) in [4.78, 5) is 8.53. The Hall–Kier alpha value is -0.890. The van der Waals surface area contributed by atoms with E-state index in [-0.39, 0.29) is 24.0 Å². The maximum absolute atomic E-state index is 5.26. The average molecular weight is 392 g/mol. The van der Waals surface area contributed by atoms with Crippen molar-refractivity contribution in [2.24, 2.45) is 4.99 Å². The van der Waals surface area contributed by atoms with Crippen LogP contribution in [0.3, 0.4) is 0 Å². The molecule has 0 saturated heterocycles. The third-order valence-electron chi connectivity index (χ3n) is 2.48. The van der Waals surface area contributed by atoms with Gasteiger partial charge < -0.3 is 15.4 Å². The predicted molar refractivity (Wildman–Crippen MR) is 93.8 cm³/mol. The highest BCUT2D eigenvalue weighted by Gasteiger charge is 1.97. The van der Waals surface area contributed by atoms with Crippen molar-refractivity contribution in [2.75, 3.05) is 32.8 Å². The standard InChI is InChI=1S/C14H24N4O.HI/c1-3-16-14(18-10-11-19-4-2)17-9-7-13-6-5-8-15-12-13;/h5-6,8,12H,3-4,7,9-11H2,1-2H3,(H2,16,17,18);1H. The van der Waals surface area contributed by atoms with Gasteiger partial charge in [-0.15, -0.1) is 24.0 Å². The van der Waals surface area contributed by atoms with Gasteiger partial charge in [-0.2, -0.15) is 0 Å². The number of nitrogens with one attached hydrogen (secondary N) is 2. The summed E-state index contributed by atoms with van der Waals surface area (Å²) in [5.74, 6) is 0.839. The molecule has 0 radical (unpaired) electrons. The third kappa shape index (κ3) is 9.08. The zero-order valence-corrected chi connectivity index (χ0v) is 14.6. The lowest BCUT2D eigenvalue weighted by Gasteiger charge is -2.11. The van der Waals surface area contributed by atoms with E-state index in [0.29, 0.717) is 13.2 Å². The van der Waals surface area contributed by atoms with Crippen molar-refractivity contribution in [1.82, 2.24) is 15.6 Å². The lowest BCUT2D eigenvalue weighted by Crippen LogP contribution is -2.38. The molecule has 6 heteroatoms. The molecule has 0 aromatic carbocycles. The molecule has 0 aliphatic carbocycles. The molecule has 1 heterocycles. The van der Waals surface area contributed by atoms with Gasteiger partial charge >= 0.3 is 0 Å². The van der Waals surface area contributed by atoms with Crippen LogP contribution in [0.15, 0.2) is 29.5 Å². The van der Waals surface area contributed by atoms with E-state index >= 15 is 0 Å². The van der Waals surface area contributed by atoms with Crippen molar-refractivity contribution in [3.63, 3.8) is 0 Å². The van der Waals surface area contributed by atoms with Crippen molar-refractivity contribution in [2.45, 2.75) is 20.3 Å². The number of guanidine groups is 1. The molecule has 0 saturated carbocycles. The molecule has 1 aromatic heterocycles. The monoisotopic (exact) mass is 392 g/mol. The fourth-order valence-corrected chi connectivity index (χ4v) is 1.58. The summed E-state index contributed by atoms with van der Waals surface area (Å²) in [6.45, 7) is 7.81. The molecule has 2 N–H and O–H groups in total. The van der Waals surface area contributed by atoms with E-state index in [4.69, 9.17) is 4.74 Å². The molecule has 0 aliphatic heterocycles. The van der Waals surface area contributed by atoms with E-state index in [9.17, 15) is 0 Å². The SMILES string of the molecule is CCNC(=NCCOCC)NCCc1cccnc1.I. The van der Waals surface area contributed by atoms with Gasteiger partial charge in [-0.1, -0.05) is 6.07 Å². The third-order valence-corrected chi connectivity index (χ3v) is 2.48. The zero-order chi connectivity index (χ0) is 13.8. The number of aromatic nitrogens is 1. The number of aliphatic imine (C=N–C) groups is 1. The molecule has 0 unspecified atom stereocenters. The van der Waals surface area contributed by atoms with E-state index in [1.807, 2.05) is 19.2 Å². The lowest BCUT2D eigenvalue weighted by molar-refractivity contribution is 0.155. The second-order valence-electron chi connectivity index (χ2n) is 4.00. The second-order valence-corrected chi connectivity index (χ2v) is 4.00. The van der Waals surface area contributed by atoms with Gasteiger partial charge in [-0.25, -0.2) is 0 Å². The molecule has 1 aromatic rings. The van der Waals surface area contributed by atoms with E-state index in [0.717, 1.165) is 32.1 Å². The number of hydrogen-bond donors (Lipinski definition) is 2. The first-order valence-corrected chi connectivity index (χ1v) is 6.85. The molecular weight excluding hydrogens is 367 g/mol. The van der Waals surface area contributed by atoms with Gasteiger partial charge in [-0.3, -0.25) is 9.98 Å². The van der Waals surface area contributed by atoms with Crippen LogP contribution in [0.4, 0.5) is 0 Å². The Labute approximate surface area is 138 Å². The quantitative estimate of drug-likeness (QED) is 0.307. The first-order valence-electron chi connectivity index (χ1n) is 6.85. The number of nitrogens with zero attached hydrogens (tertiary/aromatic N) is 2. The first-order chi connectivity index (χ1) is 9.36. The zero-order valence-electron chi connectivity index (χ0n) is 12.3. The summed E-state index contributed by atoms with van der Waals surface area (Å²) < 4.78 is 5.26. The largest absolute Gasteiger partial charge is 0.380 e. The maximum Gasteiger partial charge on any atom is 0.191 e. The van der Waals surface area contributed by atoms with Crippen molar-refractivity contribution in [3.8, 4) is 0 Å². The van der Waals surface area contributed by atoms with Crippen LogP contribution in [-0.2, 0) is 11.2 Å².